The molecule has 0 saturated heterocycles. The molecule has 1 aliphatic carbocycles. The van der Waals surface area contributed by atoms with Crippen LogP contribution in [0.3, 0.4) is 0 Å². The third-order valence-corrected chi connectivity index (χ3v) is 3.89. The summed E-state index contributed by atoms with van der Waals surface area (Å²) in [7, 11) is 0. The summed E-state index contributed by atoms with van der Waals surface area (Å²) >= 11 is 6.03. The molecule has 0 unspecified atom stereocenters. The summed E-state index contributed by atoms with van der Waals surface area (Å²) in [4.78, 5) is 23.4. The average molecular weight is 296 g/mol. The molecule has 6 heteroatoms. The Morgan fingerprint density at radius 2 is 2.15 bits per heavy atom. The van der Waals surface area contributed by atoms with Gasteiger partial charge in [0, 0.05) is 17.6 Å². The number of carboxylic acids is 1. The highest BCUT2D eigenvalue weighted by molar-refractivity contribution is 6.35. The number of rotatable bonds is 2. The first-order chi connectivity index (χ1) is 9.41. The monoisotopic (exact) mass is 295 g/mol. The van der Waals surface area contributed by atoms with Crippen molar-refractivity contribution in [2.24, 2.45) is 0 Å². The van der Waals surface area contributed by atoms with E-state index in [0.717, 1.165) is 12.8 Å². The highest BCUT2D eigenvalue weighted by Crippen LogP contribution is 2.39. The third kappa shape index (κ3) is 1.81. The van der Waals surface area contributed by atoms with Crippen LogP contribution in [0.25, 0.3) is 10.9 Å². The van der Waals surface area contributed by atoms with E-state index < -0.39 is 17.2 Å². The molecule has 0 atom stereocenters. The van der Waals surface area contributed by atoms with Crippen molar-refractivity contribution in [3.8, 4) is 0 Å². The van der Waals surface area contributed by atoms with Crippen molar-refractivity contribution in [2.75, 3.05) is 0 Å². The molecule has 1 aromatic heterocycles. The van der Waals surface area contributed by atoms with E-state index in [1.54, 1.807) is 4.57 Å². The fourth-order valence-electron chi connectivity index (χ4n) is 2.37. The molecular formula is C14H11ClFNO3. The van der Waals surface area contributed by atoms with Gasteiger partial charge in [-0.05, 0) is 31.4 Å². The Bertz CT molecular complexity index is 808. The van der Waals surface area contributed by atoms with Crippen molar-refractivity contribution < 1.29 is 14.3 Å². The molecule has 1 heterocycles. The van der Waals surface area contributed by atoms with Gasteiger partial charge >= 0.3 is 5.97 Å². The summed E-state index contributed by atoms with van der Waals surface area (Å²) in [5.74, 6) is -1.86. The third-order valence-electron chi connectivity index (χ3n) is 3.55. The first kappa shape index (κ1) is 13.1. The average Bonchev–Trinajstić information content (AvgIpc) is 3.21. The number of nitrogens with zero attached hydrogens (tertiary/aromatic N) is 1. The number of hydrogen-bond donors (Lipinski definition) is 1. The highest BCUT2D eigenvalue weighted by atomic mass is 35.5. The van der Waals surface area contributed by atoms with E-state index in [9.17, 15) is 14.0 Å². The minimum Gasteiger partial charge on any atom is -0.477 e. The van der Waals surface area contributed by atoms with Gasteiger partial charge < -0.3 is 9.67 Å². The SMILES string of the molecule is Cc1cc2c(=O)c(C(=O)O)cn(C3CC3)c2c(Cl)c1F. The van der Waals surface area contributed by atoms with Crippen LogP contribution in [-0.2, 0) is 0 Å². The minimum atomic E-state index is -1.29. The summed E-state index contributed by atoms with van der Waals surface area (Å²) in [5.41, 5.74) is -0.433. The van der Waals surface area contributed by atoms with Crippen LogP contribution in [0.5, 0.6) is 0 Å². The Balaban J connectivity index is 2.52. The molecule has 1 N–H and O–H groups in total. The van der Waals surface area contributed by atoms with E-state index in [0.29, 0.717) is 0 Å². The van der Waals surface area contributed by atoms with Crippen molar-refractivity contribution in [3.63, 3.8) is 0 Å². The molecule has 1 fully saturated rings. The summed E-state index contributed by atoms with van der Waals surface area (Å²) in [6.07, 6.45) is 3.00. The van der Waals surface area contributed by atoms with Gasteiger partial charge in [0.15, 0.2) is 0 Å². The van der Waals surface area contributed by atoms with Crippen molar-refractivity contribution >= 4 is 28.5 Å². The number of fused-ring (bicyclic) bond motifs is 1. The first-order valence-electron chi connectivity index (χ1n) is 6.18. The summed E-state index contributed by atoms with van der Waals surface area (Å²) < 4.78 is 15.6. The minimum absolute atomic E-state index is 0.0795. The number of carboxylic acid groups (broad SMARTS) is 1. The topological polar surface area (TPSA) is 59.3 Å². The Labute approximate surface area is 118 Å². The van der Waals surface area contributed by atoms with Gasteiger partial charge in [-0.2, -0.15) is 0 Å². The number of carbonyl (C=O) groups is 1. The number of aromatic carboxylic acids is 1. The Morgan fingerprint density at radius 3 is 2.70 bits per heavy atom. The van der Waals surface area contributed by atoms with E-state index >= 15 is 0 Å². The van der Waals surface area contributed by atoms with E-state index in [-0.39, 0.29) is 33.1 Å². The lowest BCUT2D eigenvalue weighted by Crippen LogP contribution is -2.19. The second-order valence-electron chi connectivity index (χ2n) is 5.03. The normalized spacial score (nSPS) is 14.8. The van der Waals surface area contributed by atoms with E-state index in [1.807, 2.05) is 0 Å². The number of halogens is 2. The van der Waals surface area contributed by atoms with Gasteiger partial charge in [-0.15, -0.1) is 0 Å². The Kier molecular flexibility index (Phi) is 2.83. The highest BCUT2D eigenvalue weighted by Gasteiger charge is 2.28. The molecule has 4 nitrogen and oxygen atoms in total. The van der Waals surface area contributed by atoms with Gasteiger partial charge in [-0.1, -0.05) is 11.6 Å². The van der Waals surface area contributed by atoms with Crippen LogP contribution in [0.2, 0.25) is 5.02 Å². The molecule has 2 aromatic rings. The lowest BCUT2D eigenvalue weighted by molar-refractivity contribution is 0.0695. The van der Waals surface area contributed by atoms with E-state index in [2.05, 4.69) is 0 Å². The molecule has 3 rings (SSSR count). The van der Waals surface area contributed by atoms with Crippen LogP contribution in [0, 0.1) is 12.7 Å². The lowest BCUT2D eigenvalue weighted by atomic mass is 10.1. The largest absolute Gasteiger partial charge is 0.477 e. The molecule has 1 aromatic carbocycles. The quantitative estimate of drug-likeness (QED) is 0.926. The maximum absolute atomic E-state index is 14.0. The maximum atomic E-state index is 14.0. The molecule has 0 radical (unpaired) electrons. The molecule has 0 aliphatic heterocycles. The molecule has 1 aliphatic rings. The Morgan fingerprint density at radius 1 is 1.50 bits per heavy atom. The van der Waals surface area contributed by atoms with Gasteiger partial charge in [0.05, 0.1) is 5.52 Å². The number of aromatic nitrogens is 1. The fourth-order valence-corrected chi connectivity index (χ4v) is 2.72. The zero-order valence-electron chi connectivity index (χ0n) is 10.6. The fraction of sp³-hybridized carbons (Fsp3) is 0.286. The van der Waals surface area contributed by atoms with Gasteiger partial charge in [0.25, 0.3) is 0 Å². The van der Waals surface area contributed by atoms with Crippen molar-refractivity contribution in [3.05, 3.63) is 44.5 Å². The number of aryl methyl sites for hydroxylation is 1. The van der Waals surface area contributed by atoms with Crippen molar-refractivity contribution in [1.29, 1.82) is 0 Å². The van der Waals surface area contributed by atoms with Gasteiger partial charge in [0.2, 0.25) is 5.43 Å². The Hall–Kier alpha value is -1.88. The second-order valence-corrected chi connectivity index (χ2v) is 5.41. The second kappa shape index (κ2) is 4.31. The molecule has 0 amide bonds. The predicted octanol–water partition coefficient (Wildman–Crippen LogP) is 3.14. The summed E-state index contributed by atoms with van der Waals surface area (Å²) in [5, 5.41) is 9.15. The van der Waals surface area contributed by atoms with Crippen LogP contribution < -0.4 is 5.43 Å². The molecule has 1 saturated carbocycles. The zero-order chi connectivity index (χ0) is 14.6. The smallest absolute Gasteiger partial charge is 0.341 e. The van der Waals surface area contributed by atoms with Crippen LogP contribution in [-0.4, -0.2) is 15.6 Å². The van der Waals surface area contributed by atoms with Gasteiger partial charge in [0.1, 0.15) is 16.4 Å². The number of hydrogen-bond acceptors (Lipinski definition) is 2. The summed E-state index contributed by atoms with van der Waals surface area (Å²) in [6, 6.07) is 1.44. The van der Waals surface area contributed by atoms with Crippen molar-refractivity contribution in [2.45, 2.75) is 25.8 Å². The molecule has 0 bridgehead atoms. The van der Waals surface area contributed by atoms with Crippen LogP contribution in [0.4, 0.5) is 4.39 Å². The molecule has 104 valence electrons. The standard InChI is InChI=1S/C14H11ClFNO3/c1-6-4-8-12(10(15)11(6)16)17(7-2-3-7)5-9(13(8)18)14(19)20/h4-5,7H,2-3H2,1H3,(H,19,20). The molecule has 20 heavy (non-hydrogen) atoms. The van der Waals surface area contributed by atoms with Gasteiger partial charge in [-0.3, -0.25) is 4.79 Å². The first-order valence-corrected chi connectivity index (χ1v) is 6.56. The lowest BCUT2D eigenvalue weighted by Gasteiger charge is -2.14. The molecule has 0 spiro atoms. The van der Waals surface area contributed by atoms with Gasteiger partial charge in [-0.25, -0.2) is 9.18 Å². The van der Waals surface area contributed by atoms with E-state index in [4.69, 9.17) is 16.7 Å². The predicted molar refractivity (Wildman–Crippen MR) is 73.1 cm³/mol. The van der Waals surface area contributed by atoms with Crippen molar-refractivity contribution in [1.82, 2.24) is 4.57 Å². The number of pyridine rings is 1. The van der Waals surface area contributed by atoms with Crippen LogP contribution in [0.1, 0.15) is 34.8 Å². The molecular weight excluding hydrogens is 285 g/mol. The summed E-state index contributed by atoms with van der Waals surface area (Å²) in [6.45, 7) is 1.50. The van der Waals surface area contributed by atoms with Crippen LogP contribution in [0.15, 0.2) is 17.1 Å². The van der Waals surface area contributed by atoms with Crippen LogP contribution >= 0.6 is 11.6 Å². The number of benzene rings is 1. The van der Waals surface area contributed by atoms with E-state index in [1.165, 1.54) is 19.2 Å². The maximum Gasteiger partial charge on any atom is 0.341 e. The zero-order valence-corrected chi connectivity index (χ0v) is 11.4.